The summed E-state index contributed by atoms with van der Waals surface area (Å²) in [4.78, 5) is 34.3. The predicted molar refractivity (Wildman–Crippen MR) is 104 cm³/mol. The first-order valence-corrected chi connectivity index (χ1v) is 8.56. The number of nitro groups is 1. The Bertz CT molecular complexity index is 894. The first-order chi connectivity index (χ1) is 13.4. The highest BCUT2D eigenvalue weighted by atomic mass is 16.6. The monoisotopic (exact) mass is 384 g/mol. The summed E-state index contributed by atoms with van der Waals surface area (Å²) in [6.07, 6.45) is 1.66. The Balaban J connectivity index is 1.95. The third-order valence-corrected chi connectivity index (χ3v) is 3.60. The molecule has 1 atom stereocenters. The van der Waals surface area contributed by atoms with Crippen LogP contribution in [0, 0.1) is 10.1 Å². The van der Waals surface area contributed by atoms with Crippen LogP contribution in [0.5, 0.6) is 5.75 Å². The number of rotatable bonds is 8. The van der Waals surface area contributed by atoms with Crippen molar-refractivity contribution in [1.29, 1.82) is 0 Å². The van der Waals surface area contributed by atoms with E-state index in [4.69, 9.17) is 9.47 Å². The van der Waals surface area contributed by atoms with Gasteiger partial charge in [0.2, 0.25) is 0 Å². The third kappa shape index (κ3) is 5.94. The molecular formula is C20H20N2O6. The van der Waals surface area contributed by atoms with E-state index in [2.05, 4.69) is 5.32 Å². The van der Waals surface area contributed by atoms with Crippen molar-refractivity contribution in [3.8, 4) is 5.75 Å². The second kappa shape index (κ2) is 9.86. The van der Waals surface area contributed by atoms with E-state index >= 15 is 0 Å². The lowest BCUT2D eigenvalue weighted by Crippen LogP contribution is -2.29. The zero-order chi connectivity index (χ0) is 20.5. The molecule has 0 saturated heterocycles. The lowest BCUT2D eigenvalue weighted by molar-refractivity contribution is -0.384. The largest absolute Gasteiger partial charge is 0.493 e. The van der Waals surface area contributed by atoms with Crippen molar-refractivity contribution in [3.05, 3.63) is 70.3 Å². The molecule has 8 heteroatoms. The summed E-state index contributed by atoms with van der Waals surface area (Å²) in [7, 11) is 0. The minimum absolute atomic E-state index is 0.154. The average Bonchev–Trinajstić information content (AvgIpc) is 2.67. The lowest BCUT2D eigenvalue weighted by atomic mass is 10.2. The maximum atomic E-state index is 12.1. The molecule has 2 aromatic rings. The number of ether oxygens (including phenoxy) is 2. The van der Waals surface area contributed by atoms with Crippen molar-refractivity contribution in [3.63, 3.8) is 0 Å². The van der Waals surface area contributed by atoms with Crippen LogP contribution in [0.25, 0.3) is 6.08 Å². The number of benzene rings is 2. The Labute approximate surface area is 161 Å². The van der Waals surface area contributed by atoms with Crippen molar-refractivity contribution in [2.24, 2.45) is 0 Å². The van der Waals surface area contributed by atoms with Crippen molar-refractivity contribution in [1.82, 2.24) is 0 Å². The van der Waals surface area contributed by atoms with Gasteiger partial charge in [0.25, 0.3) is 11.6 Å². The topological polar surface area (TPSA) is 108 Å². The second-order valence-corrected chi connectivity index (χ2v) is 5.68. The van der Waals surface area contributed by atoms with E-state index in [9.17, 15) is 19.7 Å². The van der Waals surface area contributed by atoms with Gasteiger partial charge in [-0.15, -0.1) is 0 Å². The normalized spacial score (nSPS) is 11.6. The smallest absolute Gasteiger partial charge is 0.331 e. The van der Waals surface area contributed by atoms with Gasteiger partial charge < -0.3 is 14.8 Å². The molecule has 0 fully saturated rings. The van der Waals surface area contributed by atoms with Crippen LogP contribution in [0.15, 0.2) is 54.6 Å². The van der Waals surface area contributed by atoms with E-state index < -0.39 is 22.9 Å². The third-order valence-electron chi connectivity index (χ3n) is 3.60. The molecule has 0 aliphatic rings. The number of nitrogens with zero attached hydrogens (tertiary/aromatic N) is 1. The van der Waals surface area contributed by atoms with Gasteiger partial charge in [-0.3, -0.25) is 14.9 Å². The maximum absolute atomic E-state index is 12.1. The molecule has 0 heterocycles. The van der Waals surface area contributed by atoms with Crippen LogP contribution in [-0.4, -0.2) is 29.5 Å². The van der Waals surface area contributed by atoms with Crippen LogP contribution >= 0.6 is 0 Å². The van der Waals surface area contributed by atoms with E-state index in [1.807, 2.05) is 19.1 Å². The van der Waals surface area contributed by atoms with E-state index in [1.54, 1.807) is 18.2 Å². The second-order valence-electron chi connectivity index (χ2n) is 5.68. The number of anilines is 1. The number of carbonyl (C=O) groups is 2. The van der Waals surface area contributed by atoms with E-state index in [1.165, 1.54) is 37.3 Å². The maximum Gasteiger partial charge on any atom is 0.331 e. The molecule has 2 rings (SSSR count). The van der Waals surface area contributed by atoms with Gasteiger partial charge in [-0.2, -0.15) is 0 Å². The van der Waals surface area contributed by atoms with Crippen LogP contribution in [-0.2, 0) is 14.3 Å². The van der Waals surface area contributed by atoms with Crippen LogP contribution in [0.2, 0.25) is 0 Å². The van der Waals surface area contributed by atoms with Crippen LogP contribution in [0.1, 0.15) is 19.4 Å². The molecule has 0 aliphatic heterocycles. The summed E-state index contributed by atoms with van der Waals surface area (Å²) in [6.45, 7) is 3.76. The van der Waals surface area contributed by atoms with Gasteiger partial charge in [-0.1, -0.05) is 24.3 Å². The van der Waals surface area contributed by atoms with Gasteiger partial charge in [0, 0.05) is 29.5 Å². The number of hydrogen-bond acceptors (Lipinski definition) is 6. The molecule has 0 aromatic heterocycles. The van der Waals surface area contributed by atoms with Crippen molar-refractivity contribution in [2.45, 2.75) is 20.0 Å². The number of hydrogen-bond donors (Lipinski definition) is 1. The van der Waals surface area contributed by atoms with Crippen molar-refractivity contribution < 1.29 is 24.0 Å². The van der Waals surface area contributed by atoms with Crippen molar-refractivity contribution >= 4 is 29.3 Å². The minimum atomic E-state index is -1.08. The Kier molecular flexibility index (Phi) is 7.27. The van der Waals surface area contributed by atoms with E-state index in [0.29, 0.717) is 17.9 Å². The molecular weight excluding hydrogens is 364 g/mol. The fourth-order valence-electron chi connectivity index (χ4n) is 2.27. The highest BCUT2D eigenvalue weighted by Gasteiger charge is 2.17. The number of nitro benzene ring substituents is 1. The molecule has 28 heavy (non-hydrogen) atoms. The standard InChI is InChI=1S/C20H20N2O6/c1-3-27-18-10-5-4-7-15(18)11-12-19(23)28-14(2)20(24)21-16-8-6-9-17(13-16)22(25)26/h4-14H,3H2,1-2H3,(H,21,24)/b12-11+. The van der Waals surface area contributed by atoms with Gasteiger partial charge in [-0.25, -0.2) is 4.79 Å². The summed E-state index contributed by atoms with van der Waals surface area (Å²) < 4.78 is 10.5. The van der Waals surface area contributed by atoms with Gasteiger partial charge >= 0.3 is 5.97 Å². The van der Waals surface area contributed by atoms with Crippen LogP contribution in [0.4, 0.5) is 11.4 Å². The molecule has 2 aromatic carbocycles. The average molecular weight is 384 g/mol. The molecule has 0 aliphatic carbocycles. The number of nitrogens with one attached hydrogen (secondary N) is 1. The molecule has 1 unspecified atom stereocenters. The molecule has 0 saturated carbocycles. The quantitative estimate of drug-likeness (QED) is 0.323. The summed E-state index contributed by atoms with van der Waals surface area (Å²) >= 11 is 0. The predicted octanol–water partition coefficient (Wildman–Crippen LogP) is 3.58. The number of esters is 1. The Morgan fingerprint density at radius 3 is 2.68 bits per heavy atom. The molecule has 0 spiro atoms. The highest BCUT2D eigenvalue weighted by Crippen LogP contribution is 2.20. The van der Waals surface area contributed by atoms with Gasteiger partial charge in [0.15, 0.2) is 6.10 Å². The highest BCUT2D eigenvalue weighted by molar-refractivity contribution is 5.96. The van der Waals surface area contributed by atoms with Gasteiger partial charge in [-0.05, 0) is 32.1 Å². The summed E-state index contributed by atoms with van der Waals surface area (Å²) in [5, 5.41) is 13.3. The van der Waals surface area contributed by atoms with E-state index in [0.717, 1.165) is 0 Å². The van der Waals surface area contributed by atoms with Crippen LogP contribution < -0.4 is 10.1 Å². The van der Waals surface area contributed by atoms with Crippen molar-refractivity contribution in [2.75, 3.05) is 11.9 Å². The number of para-hydroxylation sites is 1. The summed E-state index contributed by atoms with van der Waals surface area (Å²) in [5.41, 5.74) is 0.789. The fraction of sp³-hybridized carbons (Fsp3) is 0.200. The Morgan fingerprint density at radius 1 is 1.21 bits per heavy atom. The molecule has 1 amide bonds. The fourth-order valence-corrected chi connectivity index (χ4v) is 2.27. The van der Waals surface area contributed by atoms with E-state index in [-0.39, 0.29) is 11.4 Å². The zero-order valence-electron chi connectivity index (χ0n) is 15.5. The number of non-ortho nitro benzene ring substituents is 1. The number of amides is 1. The number of carbonyl (C=O) groups excluding carboxylic acids is 2. The first-order valence-electron chi connectivity index (χ1n) is 8.56. The van der Waals surface area contributed by atoms with Crippen LogP contribution in [0.3, 0.4) is 0 Å². The van der Waals surface area contributed by atoms with Gasteiger partial charge in [0.1, 0.15) is 5.75 Å². The molecule has 146 valence electrons. The molecule has 1 N–H and O–H groups in total. The SMILES string of the molecule is CCOc1ccccc1/C=C/C(=O)OC(C)C(=O)Nc1cccc([N+](=O)[O-])c1. The summed E-state index contributed by atoms with van der Waals surface area (Å²) in [5.74, 6) is -0.671. The van der Waals surface area contributed by atoms with Gasteiger partial charge in [0.05, 0.1) is 11.5 Å². The molecule has 0 radical (unpaired) electrons. The zero-order valence-corrected chi connectivity index (χ0v) is 15.5. The Hall–Kier alpha value is -3.68. The molecule has 8 nitrogen and oxygen atoms in total. The minimum Gasteiger partial charge on any atom is -0.493 e. The lowest BCUT2D eigenvalue weighted by Gasteiger charge is -2.12. The Morgan fingerprint density at radius 2 is 1.96 bits per heavy atom. The first kappa shape index (κ1) is 20.6. The summed E-state index contributed by atoms with van der Waals surface area (Å²) in [6, 6.07) is 12.7. The molecule has 0 bridgehead atoms.